The number of imidazole rings is 1. The zero-order valence-electron chi connectivity index (χ0n) is 38.2. The third kappa shape index (κ3) is 9.06. The minimum absolute atomic E-state index is 0.0259. The van der Waals surface area contributed by atoms with Gasteiger partial charge in [-0.15, -0.1) is 0 Å². The summed E-state index contributed by atoms with van der Waals surface area (Å²) < 4.78 is 17.8. The fraction of sp³-hybridized carbons (Fsp3) is 0.312. The van der Waals surface area contributed by atoms with Crippen LogP contribution in [0.3, 0.4) is 0 Å². The highest BCUT2D eigenvalue weighted by Crippen LogP contribution is 2.41. The van der Waals surface area contributed by atoms with Crippen LogP contribution in [-0.2, 0) is 25.9 Å². The van der Waals surface area contributed by atoms with Crippen LogP contribution in [0.25, 0.3) is 10.9 Å². The van der Waals surface area contributed by atoms with Crippen LogP contribution in [0.15, 0.2) is 90.5 Å². The van der Waals surface area contributed by atoms with Crippen molar-refractivity contribution in [2.45, 2.75) is 58.0 Å². The first-order valence-electron chi connectivity index (χ1n) is 21.4. The molecule has 0 unspecified atom stereocenters. The Morgan fingerprint density at radius 2 is 1.56 bits per heavy atom. The molecule has 2 aromatic carbocycles. The van der Waals surface area contributed by atoms with E-state index in [0.717, 1.165) is 22.2 Å². The van der Waals surface area contributed by atoms with Gasteiger partial charge in [0.05, 0.1) is 47.4 Å². The molecule has 66 heavy (non-hydrogen) atoms. The van der Waals surface area contributed by atoms with Gasteiger partial charge in [-0.1, -0.05) is 18.2 Å². The van der Waals surface area contributed by atoms with Crippen LogP contribution in [0.1, 0.15) is 88.9 Å². The average Bonchev–Trinajstić information content (AvgIpc) is 4.07. The predicted molar refractivity (Wildman–Crippen MR) is 253 cm³/mol. The maximum atomic E-state index is 13.8. The summed E-state index contributed by atoms with van der Waals surface area (Å²) in [5.74, 6) is -0.786. The van der Waals surface area contributed by atoms with Crippen molar-refractivity contribution in [1.29, 1.82) is 0 Å². The zero-order chi connectivity index (χ0) is 47.2. The van der Waals surface area contributed by atoms with Crippen LogP contribution in [0.4, 0.5) is 28.6 Å². The van der Waals surface area contributed by atoms with E-state index in [2.05, 4.69) is 58.6 Å². The number of nitrogens with one attached hydrogen (secondary N) is 4. The molecule has 2 aliphatic rings. The SMILES string of the molecule is C=C1CN2C(=O)c3cc(OC)c(OCCCC(=O)Nc4cn(C)c(C(=O)Nc5cc(C(=O)Nc6cc(C(=O)n7ccc8ccc(NC(C)(C)C)cc87)n(C)c6)n(C)c5)n4)cc3N=C[C@]2(C)C1. The minimum Gasteiger partial charge on any atom is -0.493 e. The number of aryl methyl sites for hydroxylation is 3. The molecule has 1 saturated heterocycles. The lowest BCUT2D eigenvalue weighted by Crippen LogP contribution is -2.45. The number of benzene rings is 2. The Kier molecular flexibility index (Phi) is 11.7. The number of rotatable bonds is 13. The average molecular weight is 896 g/mol. The molecule has 4 aromatic heterocycles. The molecule has 0 aliphatic carbocycles. The minimum atomic E-state index is -0.560. The fourth-order valence-corrected chi connectivity index (χ4v) is 8.32. The van der Waals surface area contributed by atoms with Crippen molar-refractivity contribution in [2.75, 3.05) is 41.5 Å². The van der Waals surface area contributed by atoms with Gasteiger partial charge in [0.1, 0.15) is 11.4 Å². The molecule has 0 saturated carbocycles. The molecule has 4 N–H and O–H groups in total. The van der Waals surface area contributed by atoms with Crippen molar-refractivity contribution < 1.29 is 33.4 Å². The number of amides is 4. The number of carbonyl (C=O) groups is 5. The third-order valence-electron chi connectivity index (χ3n) is 11.4. The second kappa shape index (κ2) is 17.2. The summed E-state index contributed by atoms with van der Waals surface area (Å²) in [6.07, 6.45) is 9.37. The Labute approximate surface area is 381 Å². The van der Waals surface area contributed by atoms with Crippen LogP contribution in [0, 0.1) is 0 Å². The molecule has 1 atom stereocenters. The van der Waals surface area contributed by atoms with Crippen LogP contribution >= 0.6 is 0 Å². The molecule has 0 spiro atoms. The van der Waals surface area contributed by atoms with E-state index < -0.39 is 17.4 Å². The zero-order valence-corrected chi connectivity index (χ0v) is 38.2. The van der Waals surface area contributed by atoms with Crippen LogP contribution in [0.2, 0.25) is 0 Å². The Balaban J connectivity index is 0.841. The second-order valence-electron chi connectivity index (χ2n) is 18.0. The van der Waals surface area contributed by atoms with Crippen LogP contribution in [0.5, 0.6) is 11.5 Å². The summed E-state index contributed by atoms with van der Waals surface area (Å²) >= 11 is 0. The summed E-state index contributed by atoms with van der Waals surface area (Å²) in [6, 6.07) is 14.2. The molecule has 2 aliphatic heterocycles. The summed E-state index contributed by atoms with van der Waals surface area (Å²) in [5, 5.41) is 12.7. The van der Waals surface area contributed by atoms with E-state index in [-0.39, 0.29) is 53.6 Å². The number of hydrogen-bond acceptors (Lipinski definition) is 10. The number of ether oxygens (including phenoxy) is 2. The topological polar surface area (TPSA) is 200 Å². The fourth-order valence-electron chi connectivity index (χ4n) is 8.32. The molecule has 18 nitrogen and oxygen atoms in total. The van der Waals surface area contributed by atoms with Gasteiger partial charge in [-0.05, 0) is 76.9 Å². The molecule has 0 bridgehead atoms. The van der Waals surface area contributed by atoms with E-state index in [4.69, 9.17) is 9.47 Å². The first-order chi connectivity index (χ1) is 31.3. The number of hydrogen-bond donors (Lipinski definition) is 4. The van der Waals surface area contributed by atoms with Gasteiger partial charge in [-0.3, -0.25) is 33.5 Å². The predicted octanol–water partition coefficient (Wildman–Crippen LogP) is 7.14. The molecule has 8 rings (SSSR count). The van der Waals surface area contributed by atoms with Gasteiger partial charge in [0, 0.05) is 87.8 Å². The molecule has 4 amide bonds. The summed E-state index contributed by atoms with van der Waals surface area (Å²) in [7, 11) is 6.53. The summed E-state index contributed by atoms with van der Waals surface area (Å²) in [4.78, 5) is 77.7. The first kappa shape index (κ1) is 44.7. The molecular formula is C48H53N11O7. The van der Waals surface area contributed by atoms with Crippen molar-refractivity contribution in [3.05, 3.63) is 108 Å². The van der Waals surface area contributed by atoms with Gasteiger partial charge >= 0.3 is 0 Å². The second-order valence-corrected chi connectivity index (χ2v) is 18.0. The maximum absolute atomic E-state index is 13.8. The lowest BCUT2D eigenvalue weighted by molar-refractivity contribution is -0.116. The molecule has 342 valence electrons. The van der Waals surface area contributed by atoms with E-state index in [1.807, 2.05) is 31.2 Å². The van der Waals surface area contributed by atoms with Gasteiger partial charge in [0.25, 0.3) is 23.6 Å². The number of aromatic nitrogens is 5. The quantitative estimate of drug-likeness (QED) is 0.0687. The van der Waals surface area contributed by atoms with Crippen molar-refractivity contribution in [3.63, 3.8) is 0 Å². The molecule has 6 heterocycles. The smallest absolute Gasteiger partial charge is 0.291 e. The highest BCUT2D eigenvalue weighted by Gasteiger charge is 2.43. The van der Waals surface area contributed by atoms with Crippen LogP contribution < -0.4 is 30.7 Å². The molecule has 18 heteroatoms. The Hall–Kier alpha value is -7.89. The molecule has 6 aromatic rings. The van der Waals surface area contributed by atoms with E-state index in [0.29, 0.717) is 59.2 Å². The summed E-state index contributed by atoms with van der Waals surface area (Å²) in [5.41, 5.74) is 4.16. The lowest BCUT2D eigenvalue weighted by atomic mass is 9.99. The van der Waals surface area contributed by atoms with Gasteiger partial charge in [0.2, 0.25) is 11.7 Å². The third-order valence-corrected chi connectivity index (χ3v) is 11.4. The highest BCUT2D eigenvalue weighted by atomic mass is 16.5. The van der Waals surface area contributed by atoms with Crippen LogP contribution in [-0.4, -0.2) is 95.2 Å². The van der Waals surface area contributed by atoms with Gasteiger partial charge < -0.3 is 49.3 Å². The maximum Gasteiger partial charge on any atom is 0.291 e. The van der Waals surface area contributed by atoms with Crippen molar-refractivity contribution >= 4 is 75.2 Å². The van der Waals surface area contributed by atoms with Gasteiger partial charge in [-0.25, -0.2) is 4.98 Å². The van der Waals surface area contributed by atoms with E-state index in [9.17, 15) is 24.0 Å². The van der Waals surface area contributed by atoms with Gasteiger partial charge in [0.15, 0.2) is 17.3 Å². The monoisotopic (exact) mass is 895 g/mol. The van der Waals surface area contributed by atoms with Crippen molar-refractivity contribution in [1.82, 2.24) is 28.2 Å². The standard InChI is InChI=1S/C48H53N11O7/c1-28-22-48(5)27-49-34-21-39(38(65-9)20-33(34)45(63)59(48)23-28)66-16-10-11-41(60)52-40-26-57(8)42(53-40)44(62)51-31-18-36(55(6)24-31)43(61)50-32-19-37(56(7)25-32)46(64)58-15-14-29-12-13-30(17-35(29)58)54-47(2,3)4/h12-15,17-21,24-27,54H,1,10-11,16,22-23H2,2-9H3,(H,50,61)(H,51,62)(H,52,60)/t48-/m0/s1. The van der Waals surface area contributed by atoms with Gasteiger partial charge in [-0.2, -0.15) is 0 Å². The highest BCUT2D eigenvalue weighted by molar-refractivity contribution is 6.08. The number of methoxy groups -OCH3 is 1. The Bertz CT molecular complexity index is 3000. The van der Waals surface area contributed by atoms with E-state index >= 15 is 0 Å². The summed E-state index contributed by atoms with van der Waals surface area (Å²) in [6.45, 7) is 12.9. The van der Waals surface area contributed by atoms with E-state index in [1.165, 1.54) is 23.9 Å². The number of aliphatic imine (C=N–C) groups is 1. The van der Waals surface area contributed by atoms with Crippen molar-refractivity contribution in [2.24, 2.45) is 26.1 Å². The van der Waals surface area contributed by atoms with E-state index in [1.54, 1.807) is 82.7 Å². The largest absolute Gasteiger partial charge is 0.493 e. The molecule has 0 radical (unpaired) electrons. The Morgan fingerprint density at radius 1 is 0.848 bits per heavy atom. The molecule has 1 fully saturated rings. The first-order valence-corrected chi connectivity index (χ1v) is 21.4. The number of anilines is 4. The number of fused-ring (bicyclic) bond motifs is 3. The Morgan fingerprint density at radius 3 is 2.29 bits per heavy atom. The normalized spacial score (nSPS) is 15.6. The molecular weight excluding hydrogens is 843 g/mol. The number of carbonyl (C=O) groups excluding carboxylic acids is 5. The van der Waals surface area contributed by atoms with Crippen molar-refractivity contribution in [3.8, 4) is 11.5 Å². The lowest BCUT2D eigenvalue weighted by Gasteiger charge is -2.29. The number of nitrogens with zero attached hydrogens (tertiary/aromatic N) is 7.